The highest BCUT2D eigenvalue weighted by Crippen LogP contribution is 2.38. The van der Waals surface area contributed by atoms with Crippen LogP contribution in [0.5, 0.6) is 0 Å². The van der Waals surface area contributed by atoms with Gasteiger partial charge in [-0.25, -0.2) is 0 Å². The van der Waals surface area contributed by atoms with Crippen molar-refractivity contribution >= 4 is 17.5 Å². The fraction of sp³-hybridized carbons (Fsp3) is 0.850. The number of aliphatic hydroxyl groups excluding tert-OH is 2. The van der Waals surface area contributed by atoms with E-state index in [0.717, 1.165) is 19.3 Å². The Balaban J connectivity index is 2.42. The molecular weight excluding hydrogens is 336 g/mol. The lowest BCUT2D eigenvalue weighted by Gasteiger charge is -2.22. The molecule has 150 valence electrons. The van der Waals surface area contributed by atoms with Crippen LogP contribution in [-0.2, 0) is 14.4 Å². The SMILES string of the molecule is CCCCCC(=O)CC[C@@H]1[C@@H](CC(=O)CCCCC(=O)O)[C@@H](O)C[C@@H]1O. The van der Waals surface area contributed by atoms with E-state index in [4.69, 9.17) is 5.11 Å². The number of hydrogen-bond donors (Lipinski definition) is 3. The van der Waals surface area contributed by atoms with E-state index in [1.54, 1.807) is 0 Å². The van der Waals surface area contributed by atoms with E-state index in [-0.39, 0.29) is 42.7 Å². The van der Waals surface area contributed by atoms with Gasteiger partial charge >= 0.3 is 5.97 Å². The van der Waals surface area contributed by atoms with Crippen LogP contribution >= 0.6 is 0 Å². The molecule has 0 spiro atoms. The highest BCUT2D eigenvalue weighted by molar-refractivity contribution is 5.79. The van der Waals surface area contributed by atoms with E-state index < -0.39 is 18.2 Å². The van der Waals surface area contributed by atoms with Crippen LogP contribution in [0.25, 0.3) is 0 Å². The first kappa shape index (κ1) is 22.8. The standard InChI is InChI=1S/C20H34O6/c1-2-3-4-7-14(21)10-11-16-17(19(24)13-18(16)23)12-15(22)8-5-6-9-20(25)26/h16-19,23-24H,2-13H2,1H3,(H,25,26)/t16-,17-,18+,19+/m1/s1. The molecule has 0 radical (unpaired) electrons. The molecule has 4 atom stereocenters. The number of Topliss-reactive ketones (excluding diaryl/α,β-unsaturated/α-hetero) is 2. The van der Waals surface area contributed by atoms with Crippen molar-refractivity contribution in [3.63, 3.8) is 0 Å². The molecule has 0 heterocycles. The van der Waals surface area contributed by atoms with Crippen LogP contribution in [0, 0.1) is 11.8 Å². The molecular formula is C20H34O6. The first-order valence-corrected chi connectivity index (χ1v) is 9.96. The van der Waals surface area contributed by atoms with E-state index in [0.29, 0.717) is 38.5 Å². The van der Waals surface area contributed by atoms with Crippen molar-refractivity contribution in [1.82, 2.24) is 0 Å². The lowest BCUT2D eigenvalue weighted by atomic mass is 9.84. The first-order chi connectivity index (χ1) is 12.3. The summed E-state index contributed by atoms with van der Waals surface area (Å²) >= 11 is 0. The van der Waals surface area contributed by atoms with Gasteiger partial charge in [0.1, 0.15) is 11.6 Å². The van der Waals surface area contributed by atoms with Gasteiger partial charge in [-0.05, 0) is 43.9 Å². The lowest BCUT2D eigenvalue weighted by Crippen LogP contribution is -2.25. The Hall–Kier alpha value is -1.27. The second-order valence-electron chi connectivity index (χ2n) is 7.58. The number of aliphatic hydroxyl groups is 2. The summed E-state index contributed by atoms with van der Waals surface area (Å²) in [6.07, 6.45) is 4.88. The van der Waals surface area contributed by atoms with Crippen LogP contribution in [0.1, 0.15) is 84.0 Å². The highest BCUT2D eigenvalue weighted by atomic mass is 16.4. The number of carbonyl (C=O) groups is 3. The molecule has 0 unspecified atom stereocenters. The van der Waals surface area contributed by atoms with Crippen LogP contribution in [0.3, 0.4) is 0 Å². The molecule has 0 saturated heterocycles. The summed E-state index contributed by atoms with van der Waals surface area (Å²) in [5, 5.41) is 29.0. The van der Waals surface area contributed by atoms with Crippen LogP contribution in [0.4, 0.5) is 0 Å². The van der Waals surface area contributed by atoms with Gasteiger partial charge in [-0.1, -0.05) is 19.8 Å². The molecule has 0 aromatic rings. The van der Waals surface area contributed by atoms with Gasteiger partial charge in [0.2, 0.25) is 0 Å². The average molecular weight is 370 g/mol. The van der Waals surface area contributed by atoms with Crippen molar-refractivity contribution in [2.24, 2.45) is 11.8 Å². The predicted octanol–water partition coefficient (Wildman–Crippen LogP) is 2.88. The Labute approximate surface area is 156 Å². The number of carboxylic acid groups (broad SMARTS) is 1. The van der Waals surface area contributed by atoms with E-state index in [2.05, 4.69) is 6.92 Å². The van der Waals surface area contributed by atoms with E-state index in [1.165, 1.54) is 0 Å². The summed E-state index contributed by atoms with van der Waals surface area (Å²) in [6.45, 7) is 2.09. The molecule has 26 heavy (non-hydrogen) atoms. The molecule has 0 aromatic heterocycles. The topological polar surface area (TPSA) is 112 Å². The maximum absolute atomic E-state index is 12.1. The van der Waals surface area contributed by atoms with Crippen LogP contribution < -0.4 is 0 Å². The van der Waals surface area contributed by atoms with Crippen LogP contribution in [0.2, 0.25) is 0 Å². The first-order valence-electron chi connectivity index (χ1n) is 9.96. The summed E-state index contributed by atoms with van der Waals surface area (Å²) in [5.41, 5.74) is 0. The Morgan fingerprint density at radius 1 is 0.808 bits per heavy atom. The van der Waals surface area contributed by atoms with Gasteiger partial charge in [0.05, 0.1) is 12.2 Å². The lowest BCUT2D eigenvalue weighted by molar-refractivity contribution is -0.137. The van der Waals surface area contributed by atoms with Gasteiger partial charge in [-0.15, -0.1) is 0 Å². The van der Waals surface area contributed by atoms with E-state index in [9.17, 15) is 24.6 Å². The molecule has 3 N–H and O–H groups in total. The zero-order chi connectivity index (χ0) is 19.5. The third-order valence-corrected chi connectivity index (χ3v) is 5.40. The van der Waals surface area contributed by atoms with Crippen molar-refractivity contribution in [3.8, 4) is 0 Å². The van der Waals surface area contributed by atoms with Crippen molar-refractivity contribution < 1.29 is 29.7 Å². The molecule has 1 aliphatic rings. The minimum absolute atomic E-state index is 0.00666. The molecule has 1 fully saturated rings. The summed E-state index contributed by atoms with van der Waals surface area (Å²) in [6, 6.07) is 0. The van der Waals surface area contributed by atoms with Gasteiger partial charge in [-0.2, -0.15) is 0 Å². The van der Waals surface area contributed by atoms with Crippen molar-refractivity contribution in [2.45, 2.75) is 96.2 Å². The van der Waals surface area contributed by atoms with E-state index >= 15 is 0 Å². The third kappa shape index (κ3) is 8.41. The normalized spacial score (nSPS) is 25.3. The molecule has 6 nitrogen and oxygen atoms in total. The largest absolute Gasteiger partial charge is 0.481 e. The zero-order valence-corrected chi connectivity index (χ0v) is 15.9. The van der Waals surface area contributed by atoms with E-state index in [1.807, 2.05) is 0 Å². The monoisotopic (exact) mass is 370 g/mol. The van der Waals surface area contributed by atoms with Gasteiger partial charge in [-0.3, -0.25) is 14.4 Å². The number of aliphatic carboxylic acids is 1. The molecule has 0 aliphatic heterocycles. The molecule has 1 aliphatic carbocycles. The number of hydrogen-bond acceptors (Lipinski definition) is 5. The van der Waals surface area contributed by atoms with Gasteiger partial charge < -0.3 is 15.3 Å². The minimum atomic E-state index is -0.865. The second-order valence-corrected chi connectivity index (χ2v) is 7.58. The molecule has 1 saturated carbocycles. The summed E-state index contributed by atoms with van der Waals surface area (Å²) in [7, 11) is 0. The van der Waals surface area contributed by atoms with Gasteiger partial charge in [0.25, 0.3) is 0 Å². The molecule has 0 aromatic carbocycles. The Morgan fingerprint density at radius 3 is 2.04 bits per heavy atom. The number of carbonyl (C=O) groups excluding carboxylic acids is 2. The number of carboxylic acids is 1. The summed E-state index contributed by atoms with van der Waals surface area (Å²) < 4.78 is 0. The van der Waals surface area contributed by atoms with Crippen LogP contribution in [-0.4, -0.2) is 45.1 Å². The Kier molecular flexibility index (Phi) is 10.7. The second kappa shape index (κ2) is 12.2. The average Bonchev–Trinajstić information content (AvgIpc) is 2.83. The minimum Gasteiger partial charge on any atom is -0.481 e. The zero-order valence-electron chi connectivity index (χ0n) is 15.9. The van der Waals surface area contributed by atoms with Gasteiger partial charge in [0.15, 0.2) is 0 Å². The number of ketones is 2. The smallest absolute Gasteiger partial charge is 0.303 e. The number of rotatable bonds is 14. The van der Waals surface area contributed by atoms with Crippen molar-refractivity contribution in [1.29, 1.82) is 0 Å². The van der Waals surface area contributed by atoms with Crippen LogP contribution in [0.15, 0.2) is 0 Å². The predicted molar refractivity (Wildman–Crippen MR) is 97.7 cm³/mol. The fourth-order valence-corrected chi connectivity index (χ4v) is 3.85. The molecule has 1 rings (SSSR count). The third-order valence-electron chi connectivity index (χ3n) is 5.40. The number of unbranched alkanes of at least 4 members (excludes halogenated alkanes) is 3. The summed E-state index contributed by atoms with van der Waals surface area (Å²) in [4.78, 5) is 34.6. The quantitative estimate of drug-likeness (QED) is 0.405. The Bertz CT molecular complexity index is 461. The molecule has 0 amide bonds. The maximum Gasteiger partial charge on any atom is 0.303 e. The summed E-state index contributed by atoms with van der Waals surface area (Å²) in [5.74, 6) is -1.21. The molecule has 0 bridgehead atoms. The molecule has 6 heteroatoms. The highest BCUT2D eigenvalue weighted by Gasteiger charge is 2.42. The van der Waals surface area contributed by atoms with Crippen molar-refractivity contribution in [3.05, 3.63) is 0 Å². The maximum atomic E-state index is 12.1. The Morgan fingerprint density at radius 2 is 1.38 bits per heavy atom. The fourth-order valence-electron chi connectivity index (χ4n) is 3.85. The van der Waals surface area contributed by atoms with Crippen molar-refractivity contribution in [2.75, 3.05) is 0 Å². The van der Waals surface area contributed by atoms with Gasteiger partial charge in [0, 0.05) is 32.1 Å².